The van der Waals surface area contributed by atoms with Gasteiger partial charge < -0.3 is 26.4 Å². The average molecular weight is 671 g/mol. The molecule has 0 aliphatic carbocycles. The molecule has 11 nitrogen and oxygen atoms in total. The number of benzene rings is 1. The van der Waals surface area contributed by atoms with Crippen LogP contribution in [0.5, 0.6) is 0 Å². The molecule has 4 rings (SSSR count). The molecule has 1 saturated heterocycles. The smallest absolute Gasteiger partial charge is 0.243 e. The van der Waals surface area contributed by atoms with Gasteiger partial charge in [-0.15, -0.1) is 11.3 Å². The molecule has 0 radical (unpaired) electrons. The van der Waals surface area contributed by atoms with Crippen LogP contribution in [0.3, 0.4) is 0 Å². The zero-order chi connectivity index (χ0) is 32.9. The maximum Gasteiger partial charge on any atom is 0.243 e. The molecule has 3 atom stereocenters. The number of Topliss-reactive ketones (excluding diaryl/α,β-unsaturated/α-hetero) is 1. The number of fused-ring (bicyclic) bond motifs is 1. The Balaban J connectivity index is 1.51. The Morgan fingerprint density at radius 1 is 1.11 bits per heavy atom. The molecule has 3 amide bonds. The molecule has 3 heterocycles. The summed E-state index contributed by atoms with van der Waals surface area (Å²) in [5.74, 6) is -1.95. The number of nitrogens with one attached hydrogen (secondary N) is 3. The van der Waals surface area contributed by atoms with E-state index in [0.29, 0.717) is 62.0 Å². The second-order valence-electron chi connectivity index (χ2n) is 11.6. The van der Waals surface area contributed by atoms with Crippen molar-refractivity contribution in [2.45, 2.75) is 76.9 Å². The van der Waals surface area contributed by atoms with Crippen LogP contribution in [0.15, 0.2) is 42.7 Å². The number of carbonyl (C=O) groups is 4. The van der Waals surface area contributed by atoms with Crippen molar-refractivity contribution in [1.82, 2.24) is 25.9 Å². The Hall–Kier alpha value is -3.45. The highest BCUT2D eigenvalue weighted by atomic mass is 35.5. The van der Waals surface area contributed by atoms with Crippen LogP contribution in [-0.4, -0.2) is 65.3 Å². The van der Waals surface area contributed by atoms with Crippen LogP contribution in [0.4, 0.5) is 0 Å². The Morgan fingerprint density at radius 2 is 1.91 bits per heavy atom. The number of ketones is 1. The lowest BCUT2D eigenvalue weighted by Gasteiger charge is -2.32. The molecule has 1 aromatic carbocycles. The molecule has 0 spiro atoms. The van der Waals surface area contributed by atoms with Gasteiger partial charge in [0.25, 0.3) is 0 Å². The Morgan fingerprint density at radius 3 is 2.63 bits per heavy atom. The largest absolute Gasteiger partial charge is 0.381 e. The molecule has 13 heteroatoms. The third kappa shape index (κ3) is 10.5. The second kappa shape index (κ2) is 18.0. The first-order valence-corrected chi connectivity index (χ1v) is 17.1. The Bertz CT molecular complexity index is 1470. The highest BCUT2D eigenvalue weighted by Crippen LogP contribution is 2.27. The van der Waals surface area contributed by atoms with Crippen molar-refractivity contribution < 1.29 is 23.9 Å². The molecule has 248 valence electrons. The summed E-state index contributed by atoms with van der Waals surface area (Å²) in [6, 6.07) is 7.27. The summed E-state index contributed by atoms with van der Waals surface area (Å²) < 4.78 is 6.42. The minimum absolute atomic E-state index is 0.0314. The molecule has 5 N–H and O–H groups in total. The minimum atomic E-state index is -0.943. The molecular weight excluding hydrogens is 628 g/mol. The van der Waals surface area contributed by atoms with Crippen molar-refractivity contribution in [2.24, 2.45) is 17.6 Å². The number of halogens is 1. The van der Waals surface area contributed by atoms with E-state index < -0.39 is 23.9 Å². The number of carbonyl (C=O) groups excluding carboxylic acids is 4. The molecule has 0 unspecified atom stereocenters. The first kappa shape index (κ1) is 35.4. The van der Waals surface area contributed by atoms with Gasteiger partial charge in [-0.2, -0.15) is 0 Å². The van der Waals surface area contributed by atoms with Gasteiger partial charge in [-0.3, -0.25) is 24.2 Å². The van der Waals surface area contributed by atoms with Crippen LogP contribution in [0.1, 0.15) is 62.4 Å². The Labute approximate surface area is 278 Å². The number of nitrogens with zero attached hydrogens (tertiary/aromatic N) is 2. The summed E-state index contributed by atoms with van der Waals surface area (Å²) in [5, 5.41) is 9.99. The molecule has 46 heavy (non-hydrogen) atoms. The number of unbranched alkanes of at least 4 members (excludes halogenated alkanes) is 1. The van der Waals surface area contributed by atoms with E-state index in [-0.39, 0.29) is 42.8 Å². The number of hydrogen-bond donors (Lipinski definition) is 4. The lowest BCUT2D eigenvalue weighted by atomic mass is 9.84. The number of amides is 3. The van der Waals surface area contributed by atoms with Gasteiger partial charge in [0, 0.05) is 62.4 Å². The number of ether oxygens (including phenoxy) is 1. The van der Waals surface area contributed by atoms with Gasteiger partial charge in [0.1, 0.15) is 6.04 Å². The zero-order valence-electron chi connectivity index (χ0n) is 26.1. The van der Waals surface area contributed by atoms with Crippen LogP contribution in [0.2, 0.25) is 5.02 Å². The molecule has 0 saturated carbocycles. The fourth-order valence-corrected chi connectivity index (χ4v) is 6.83. The molecule has 3 aromatic rings. The maximum atomic E-state index is 14.0. The second-order valence-corrected chi connectivity index (χ2v) is 13.1. The number of rotatable bonds is 17. The van der Waals surface area contributed by atoms with Gasteiger partial charge in [0.15, 0.2) is 5.78 Å². The standard InChI is InChI=1S/C33H43ClN6O5S/c1-2-29(42)38-26(18-30-39-25-9-8-24(34)17-28(25)46-30)33(44)40-31(22-10-14-45-15-11-22)27(41)16-23(7-3-4-12-35)32(43)37-20-21-6-5-13-36-19-21/h5-6,8-9,13,17,19,22-23,26,31H,2-4,7,10-12,14-16,18,20,35H2,1H3,(H,37,43)(H,38,42)(H,40,44)/t23-,26+,31+/m1/s1. The number of aromatic nitrogens is 2. The van der Waals surface area contributed by atoms with Crippen LogP contribution >= 0.6 is 22.9 Å². The molecule has 2 aromatic heterocycles. The van der Waals surface area contributed by atoms with Crippen LogP contribution < -0.4 is 21.7 Å². The molecule has 0 bridgehead atoms. The predicted molar refractivity (Wildman–Crippen MR) is 178 cm³/mol. The van der Waals surface area contributed by atoms with E-state index in [9.17, 15) is 19.2 Å². The van der Waals surface area contributed by atoms with Gasteiger partial charge in [0.05, 0.1) is 21.3 Å². The van der Waals surface area contributed by atoms with E-state index in [2.05, 4.69) is 25.9 Å². The summed E-state index contributed by atoms with van der Waals surface area (Å²) in [6.07, 6.45) is 6.77. The first-order valence-electron chi connectivity index (χ1n) is 15.9. The SMILES string of the molecule is CCC(=O)N[C@@H](Cc1nc2ccc(Cl)cc2s1)C(=O)N[C@H](C(=O)C[C@@H](CCCCN)C(=O)NCc1cccnc1)C1CCOCC1. The van der Waals surface area contributed by atoms with Gasteiger partial charge in [-0.25, -0.2) is 4.98 Å². The third-order valence-corrected chi connectivity index (χ3v) is 9.42. The maximum absolute atomic E-state index is 14.0. The van der Waals surface area contributed by atoms with E-state index in [0.717, 1.165) is 22.2 Å². The van der Waals surface area contributed by atoms with E-state index in [4.69, 9.17) is 22.1 Å². The zero-order valence-corrected chi connectivity index (χ0v) is 27.7. The van der Waals surface area contributed by atoms with E-state index in [1.807, 2.05) is 18.2 Å². The lowest BCUT2D eigenvalue weighted by Crippen LogP contribution is -2.55. The van der Waals surface area contributed by atoms with Gasteiger partial charge in [-0.05, 0) is 68.0 Å². The van der Waals surface area contributed by atoms with Crippen molar-refractivity contribution in [2.75, 3.05) is 19.8 Å². The summed E-state index contributed by atoms with van der Waals surface area (Å²) in [4.78, 5) is 62.5. The summed E-state index contributed by atoms with van der Waals surface area (Å²) >= 11 is 7.55. The van der Waals surface area contributed by atoms with E-state index >= 15 is 0 Å². The number of nitrogens with two attached hydrogens (primary N) is 1. The first-order chi connectivity index (χ1) is 22.3. The summed E-state index contributed by atoms with van der Waals surface area (Å²) in [5.41, 5.74) is 7.32. The predicted octanol–water partition coefficient (Wildman–Crippen LogP) is 3.71. The van der Waals surface area contributed by atoms with E-state index in [1.54, 1.807) is 31.5 Å². The number of hydrogen-bond acceptors (Lipinski definition) is 9. The highest BCUT2D eigenvalue weighted by Gasteiger charge is 2.35. The highest BCUT2D eigenvalue weighted by molar-refractivity contribution is 7.18. The lowest BCUT2D eigenvalue weighted by molar-refractivity contribution is -0.135. The van der Waals surface area contributed by atoms with Crippen molar-refractivity contribution >= 4 is 56.7 Å². The molecule has 1 aliphatic heterocycles. The van der Waals surface area contributed by atoms with Crippen molar-refractivity contribution in [3.63, 3.8) is 0 Å². The molecular formula is C33H43ClN6O5S. The fourth-order valence-electron chi connectivity index (χ4n) is 5.54. The Kier molecular flexibility index (Phi) is 13.9. The van der Waals surface area contributed by atoms with Crippen molar-refractivity contribution in [3.05, 3.63) is 58.3 Å². The minimum Gasteiger partial charge on any atom is -0.381 e. The van der Waals surface area contributed by atoms with Crippen molar-refractivity contribution in [1.29, 1.82) is 0 Å². The van der Waals surface area contributed by atoms with Gasteiger partial charge in [-0.1, -0.05) is 31.0 Å². The molecule has 1 fully saturated rings. The topological polar surface area (TPSA) is 165 Å². The van der Waals surface area contributed by atoms with Crippen LogP contribution in [-0.2, 0) is 36.9 Å². The third-order valence-electron chi connectivity index (χ3n) is 8.14. The normalized spacial score (nSPS) is 15.5. The monoisotopic (exact) mass is 670 g/mol. The quantitative estimate of drug-likeness (QED) is 0.158. The number of pyridine rings is 1. The number of thiazole rings is 1. The van der Waals surface area contributed by atoms with Crippen LogP contribution in [0, 0.1) is 11.8 Å². The summed E-state index contributed by atoms with van der Waals surface area (Å²) in [6.45, 7) is 3.44. The van der Waals surface area contributed by atoms with E-state index in [1.165, 1.54) is 11.3 Å². The fraction of sp³-hybridized carbons (Fsp3) is 0.515. The average Bonchev–Trinajstić information content (AvgIpc) is 3.47. The van der Waals surface area contributed by atoms with Crippen molar-refractivity contribution in [3.8, 4) is 0 Å². The summed E-state index contributed by atoms with van der Waals surface area (Å²) in [7, 11) is 0. The van der Waals surface area contributed by atoms with Gasteiger partial charge >= 0.3 is 0 Å². The molecule has 1 aliphatic rings. The van der Waals surface area contributed by atoms with Gasteiger partial charge in [0.2, 0.25) is 17.7 Å². The van der Waals surface area contributed by atoms with Crippen LogP contribution in [0.25, 0.3) is 10.2 Å².